The van der Waals surface area contributed by atoms with Crippen LogP contribution >= 0.6 is 0 Å². The van der Waals surface area contributed by atoms with Gasteiger partial charge in [-0.1, -0.05) is 35.5 Å². The Hall–Kier alpha value is -2.03. The Labute approximate surface area is 153 Å². The number of sulfonamides is 1. The van der Waals surface area contributed by atoms with Gasteiger partial charge >= 0.3 is 0 Å². The largest absolute Gasteiger partial charge is 0.360 e. The molecule has 0 unspecified atom stereocenters. The summed E-state index contributed by atoms with van der Waals surface area (Å²) in [5.74, 6) is 0.426. The van der Waals surface area contributed by atoms with Gasteiger partial charge in [0.05, 0.1) is 0 Å². The Morgan fingerprint density at radius 3 is 2.35 bits per heavy atom. The highest BCUT2D eigenvalue weighted by atomic mass is 32.2. The number of rotatable bonds is 6. The minimum Gasteiger partial charge on any atom is -0.360 e. The van der Waals surface area contributed by atoms with Gasteiger partial charge in [-0.05, 0) is 13.8 Å². The number of hydrogen-bond acceptors (Lipinski definition) is 6. The maximum absolute atomic E-state index is 12.8. The van der Waals surface area contributed by atoms with E-state index in [0.29, 0.717) is 56.2 Å². The summed E-state index contributed by atoms with van der Waals surface area (Å²) in [6.07, 6.45) is 0.431. The third kappa shape index (κ3) is 3.87. The highest BCUT2D eigenvalue weighted by molar-refractivity contribution is 7.89. The Morgan fingerprint density at radius 1 is 1.12 bits per heavy atom. The fourth-order valence-electron chi connectivity index (χ4n) is 3.19. The van der Waals surface area contributed by atoms with Crippen LogP contribution in [0.2, 0.25) is 0 Å². The Bertz CT molecular complexity index is 850. The lowest BCUT2D eigenvalue weighted by atomic mass is 10.1. The van der Waals surface area contributed by atoms with Crippen LogP contribution in [0.4, 0.5) is 0 Å². The highest BCUT2D eigenvalue weighted by Gasteiger charge is 2.33. The van der Waals surface area contributed by atoms with E-state index in [1.54, 1.807) is 13.8 Å². The highest BCUT2D eigenvalue weighted by Crippen LogP contribution is 2.24. The van der Waals surface area contributed by atoms with E-state index in [1.807, 2.05) is 30.3 Å². The standard InChI is InChI=1S/C18H23N3O4S/c1-14-18(15(2)25-19-14)26(23,24)21-12-10-20(11-13-21)9-8-17(22)16-6-4-3-5-7-16/h3-7H,8-13H2,1-2H3. The lowest BCUT2D eigenvalue weighted by Gasteiger charge is -2.33. The monoisotopic (exact) mass is 377 g/mol. The topological polar surface area (TPSA) is 83.7 Å². The number of piperazine rings is 1. The Kier molecular flexibility index (Phi) is 5.55. The van der Waals surface area contributed by atoms with Crippen molar-refractivity contribution in [1.29, 1.82) is 0 Å². The zero-order valence-corrected chi connectivity index (χ0v) is 15.8. The van der Waals surface area contributed by atoms with Crippen molar-refractivity contribution in [2.24, 2.45) is 0 Å². The summed E-state index contributed by atoms with van der Waals surface area (Å²) in [5.41, 5.74) is 1.10. The summed E-state index contributed by atoms with van der Waals surface area (Å²) >= 11 is 0. The van der Waals surface area contributed by atoms with Crippen LogP contribution in [0.15, 0.2) is 39.8 Å². The molecule has 140 valence electrons. The number of aryl methyl sites for hydroxylation is 2. The summed E-state index contributed by atoms with van der Waals surface area (Å²) in [4.78, 5) is 14.5. The second-order valence-corrected chi connectivity index (χ2v) is 8.31. The number of aromatic nitrogens is 1. The van der Waals surface area contributed by atoms with Gasteiger partial charge in [0.1, 0.15) is 10.6 Å². The van der Waals surface area contributed by atoms with Crippen molar-refractivity contribution >= 4 is 15.8 Å². The summed E-state index contributed by atoms with van der Waals surface area (Å²) in [5, 5.41) is 3.74. The van der Waals surface area contributed by atoms with Crippen LogP contribution in [0.1, 0.15) is 28.2 Å². The summed E-state index contributed by atoms with van der Waals surface area (Å²) < 4.78 is 32.1. The second-order valence-electron chi connectivity index (χ2n) is 6.44. The first-order chi connectivity index (χ1) is 12.4. The van der Waals surface area contributed by atoms with Gasteiger partial charge in [-0.15, -0.1) is 0 Å². The van der Waals surface area contributed by atoms with E-state index >= 15 is 0 Å². The number of hydrogen-bond donors (Lipinski definition) is 0. The molecule has 7 nitrogen and oxygen atoms in total. The molecule has 1 aliphatic heterocycles. The van der Waals surface area contributed by atoms with Gasteiger partial charge in [0, 0.05) is 44.7 Å². The number of ketones is 1. The van der Waals surface area contributed by atoms with E-state index < -0.39 is 10.0 Å². The van der Waals surface area contributed by atoms with Crippen molar-refractivity contribution in [3.63, 3.8) is 0 Å². The van der Waals surface area contributed by atoms with Crippen molar-refractivity contribution in [2.45, 2.75) is 25.2 Å². The molecule has 2 heterocycles. The van der Waals surface area contributed by atoms with Crippen LogP contribution in [0.3, 0.4) is 0 Å². The van der Waals surface area contributed by atoms with Gasteiger partial charge in [0.25, 0.3) is 0 Å². The van der Waals surface area contributed by atoms with Crippen molar-refractivity contribution in [3.05, 3.63) is 47.3 Å². The quantitative estimate of drug-likeness (QED) is 0.715. The number of Topliss-reactive ketones (excluding diaryl/α,β-unsaturated/α-hetero) is 1. The third-order valence-corrected chi connectivity index (χ3v) is 6.79. The zero-order valence-electron chi connectivity index (χ0n) is 15.0. The average molecular weight is 377 g/mol. The molecule has 0 spiro atoms. The first-order valence-corrected chi connectivity index (χ1v) is 10.1. The van der Waals surface area contributed by atoms with E-state index in [9.17, 15) is 13.2 Å². The lowest BCUT2D eigenvalue weighted by molar-refractivity contribution is 0.0952. The van der Waals surface area contributed by atoms with Gasteiger partial charge in [-0.3, -0.25) is 4.79 Å². The first-order valence-electron chi connectivity index (χ1n) is 8.63. The van der Waals surface area contributed by atoms with Crippen LogP contribution in [0.25, 0.3) is 0 Å². The van der Waals surface area contributed by atoms with Crippen LogP contribution in [-0.2, 0) is 10.0 Å². The molecule has 0 radical (unpaired) electrons. The minimum atomic E-state index is -3.59. The maximum Gasteiger partial charge on any atom is 0.248 e. The molecule has 1 fully saturated rings. The Morgan fingerprint density at radius 2 is 1.77 bits per heavy atom. The van der Waals surface area contributed by atoms with Gasteiger partial charge in [0.15, 0.2) is 11.5 Å². The van der Waals surface area contributed by atoms with Gasteiger partial charge in [0.2, 0.25) is 10.0 Å². The smallest absolute Gasteiger partial charge is 0.248 e. The van der Waals surface area contributed by atoms with Gasteiger partial charge < -0.3 is 9.42 Å². The normalized spacial score (nSPS) is 16.7. The van der Waals surface area contributed by atoms with Crippen molar-refractivity contribution in [3.8, 4) is 0 Å². The number of carbonyl (C=O) groups excluding carboxylic acids is 1. The molecule has 1 aromatic carbocycles. The Balaban J connectivity index is 1.55. The maximum atomic E-state index is 12.8. The lowest BCUT2D eigenvalue weighted by Crippen LogP contribution is -2.49. The predicted molar refractivity (Wildman–Crippen MR) is 96.6 cm³/mol. The average Bonchev–Trinajstić information content (AvgIpc) is 3.00. The van der Waals surface area contributed by atoms with E-state index in [0.717, 1.165) is 0 Å². The first kappa shape index (κ1) is 18.8. The fourth-order valence-corrected chi connectivity index (χ4v) is 4.91. The predicted octanol–water partition coefficient (Wildman–Crippen LogP) is 1.87. The van der Waals surface area contributed by atoms with Crippen LogP contribution in [0.5, 0.6) is 0 Å². The molecular formula is C18H23N3O4S. The van der Waals surface area contributed by atoms with Crippen molar-refractivity contribution in [1.82, 2.24) is 14.4 Å². The molecule has 2 aromatic rings. The molecule has 0 saturated carbocycles. The van der Waals surface area contributed by atoms with E-state index in [4.69, 9.17) is 4.52 Å². The van der Waals surface area contributed by atoms with Crippen molar-refractivity contribution < 1.29 is 17.7 Å². The fraction of sp³-hybridized carbons (Fsp3) is 0.444. The molecule has 0 N–H and O–H groups in total. The summed E-state index contributed by atoms with van der Waals surface area (Å²) in [6, 6.07) is 9.22. The minimum absolute atomic E-state index is 0.108. The number of carbonyl (C=O) groups is 1. The molecule has 1 aromatic heterocycles. The van der Waals surface area contributed by atoms with Crippen LogP contribution in [-0.4, -0.2) is 61.3 Å². The SMILES string of the molecule is Cc1noc(C)c1S(=O)(=O)N1CCN(CCC(=O)c2ccccc2)CC1. The van der Waals surface area contributed by atoms with Gasteiger partial charge in [-0.2, -0.15) is 4.31 Å². The van der Waals surface area contributed by atoms with E-state index in [2.05, 4.69) is 10.1 Å². The molecule has 0 amide bonds. The molecular weight excluding hydrogens is 354 g/mol. The van der Waals surface area contributed by atoms with E-state index in [1.165, 1.54) is 4.31 Å². The van der Waals surface area contributed by atoms with Crippen molar-refractivity contribution in [2.75, 3.05) is 32.7 Å². The number of benzene rings is 1. The van der Waals surface area contributed by atoms with Crippen LogP contribution < -0.4 is 0 Å². The zero-order chi connectivity index (χ0) is 18.7. The molecule has 1 aliphatic rings. The second kappa shape index (κ2) is 7.69. The molecule has 0 aliphatic carbocycles. The molecule has 26 heavy (non-hydrogen) atoms. The molecule has 8 heteroatoms. The molecule has 1 saturated heterocycles. The molecule has 0 atom stereocenters. The summed E-state index contributed by atoms with van der Waals surface area (Å²) in [7, 11) is -3.59. The van der Waals surface area contributed by atoms with E-state index in [-0.39, 0.29) is 10.7 Å². The third-order valence-electron chi connectivity index (χ3n) is 4.65. The van der Waals surface area contributed by atoms with Gasteiger partial charge in [-0.25, -0.2) is 8.42 Å². The summed E-state index contributed by atoms with van der Waals surface area (Å²) in [6.45, 7) is 5.87. The number of nitrogens with zero attached hydrogens (tertiary/aromatic N) is 3. The molecule has 0 bridgehead atoms. The molecule has 3 rings (SSSR count). The van der Waals surface area contributed by atoms with Crippen LogP contribution in [0, 0.1) is 13.8 Å².